The van der Waals surface area contributed by atoms with Crippen molar-refractivity contribution in [3.8, 4) is 17.1 Å². The van der Waals surface area contributed by atoms with Crippen molar-refractivity contribution in [3.05, 3.63) is 29.9 Å². The lowest BCUT2D eigenvalue weighted by Gasteiger charge is -2.09. The highest BCUT2D eigenvalue weighted by Gasteiger charge is 2.19. The van der Waals surface area contributed by atoms with Crippen LogP contribution in [0.25, 0.3) is 11.4 Å². The van der Waals surface area contributed by atoms with Crippen LogP contribution in [0.15, 0.2) is 22.7 Å². The molecule has 5 nitrogen and oxygen atoms in total. The minimum atomic E-state index is -0.432. The molecule has 2 atom stereocenters. The van der Waals surface area contributed by atoms with Gasteiger partial charge in [-0.3, -0.25) is 0 Å². The largest absolute Gasteiger partial charge is 0.494 e. The zero-order valence-electron chi connectivity index (χ0n) is 11.1. The molecule has 2 aromatic rings. The normalized spacial score (nSPS) is 14.2. The lowest BCUT2D eigenvalue weighted by Crippen LogP contribution is -2.22. The van der Waals surface area contributed by atoms with Gasteiger partial charge in [0.1, 0.15) is 0 Å². The molecule has 0 aliphatic carbocycles. The molecular weight excluding hydrogens is 249 g/mol. The van der Waals surface area contributed by atoms with Crippen molar-refractivity contribution in [3.63, 3.8) is 0 Å². The van der Waals surface area contributed by atoms with Gasteiger partial charge in [-0.15, -0.1) is 0 Å². The third kappa shape index (κ3) is 2.73. The summed E-state index contributed by atoms with van der Waals surface area (Å²) in [6.07, 6.45) is 0. The fraction of sp³-hybridized carbons (Fsp3) is 0.385. The second-order valence-electron chi connectivity index (χ2n) is 4.45. The molecule has 2 N–H and O–H groups in total. The Hall–Kier alpha value is -1.95. The predicted molar refractivity (Wildman–Crippen MR) is 68.3 cm³/mol. The van der Waals surface area contributed by atoms with Gasteiger partial charge < -0.3 is 15.0 Å². The van der Waals surface area contributed by atoms with Crippen molar-refractivity contribution in [2.45, 2.75) is 25.8 Å². The lowest BCUT2D eigenvalue weighted by atomic mass is 10.1. The van der Waals surface area contributed by atoms with Crippen LogP contribution in [0.2, 0.25) is 0 Å². The summed E-state index contributed by atoms with van der Waals surface area (Å²) in [7, 11) is 1.40. The van der Waals surface area contributed by atoms with Crippen LogP contribution < -0.4 is 10.5 Å². The van der Waals surface area contributed by atoms with Crippen molar-refractivity contribution in [1.29, 1.82) is 0 Å². The van der Waals surface area contributed by atoms with E-state index in [9.17, 15) is 4.39 Å². The zero-order chi connectivity index (χ0) is 14.0. The van der Waals surface area contributed by atoms with Crippen LogP contribution in [0.4, 0.5) is 4.39 Å². The molecule has 102 valence electrons. The highest BCUT2D eigenvalue weighted by Crippen LogP contribution is 2.26. The van der Waals surface area contributed by atoms with E-state index >= 15 is 0 Å². The van der Waals surface area contributed by atoms with Crippen molar-refractivity contribution in [2.75, 3.05) is 7.11 Å². The summed E-state index contributed by atoms with van der Waals surface area (Å²) >= 11 is 0. The molecule has 6 heteroatoms. The minimum Gasteiger partial charge on any atom is -0.494 e. The van der Waals surface area contributed by atoms with Gasteiger partial charge >= 0.3 is 0 Å². The third-order valence-electron chi connectivity index (χ3n) is 3.03. The third-order valence-corrected chi connectivity index (χ3v) is 3.03. The molecule has 1 heterocycles. The van der Waals surface area contributed by atoms with E-state index in [1.165, 1.54) is 19.2 Å². The molecule has 0 amide bonds. The number of aromatic nitrogens is 2. The van der Waals surface area contributed by atoms with E-state index < -0.39 is 5.82 Å². The van der Waals surface area contributed by atoms with Gasteiger partial charge in [0.05, 0.1) is 13.0 Å². The van der Waals surface area contributed by atoms with Crippen LogP contribution in [-0.4, -0.2) is 23.3 Å². The summed E-state index contributed by atoms with van der Waals surface area (Å²) in [4.78, 5) is 4.27. The summed E-state index contributed by atoms with van der Waals surface area (Å²) < 4.78 is 23.4. The van der Waals surface area contributed by atoms with Gasteiger partial charge in [-0.1, -0.05) is 12.1 Å². The van der Waals surface area contributed by atoms with Crippen molar-refractivity contribution in [1.82, 2.24) is 10.1 Å². The first-order valence-electron chi connectivity index (χ1n) is 5.96. The number of methoxy groups -OCH3 is 1. The monoisotopic (exact) mass is 265 g/mol. The van der Waals surface area contributed by atoms with Crippen LogP contribution in [0.1, 0.15) is 25.7 Å². The van der Waals surface area contributed by atoms with Gasteiger partial charge in [0.2, 0.25) is 11.7 Å². The maximum Gasteiger partial charge on any atom is 0.231 e. The van der Waals surface area contributed by atoms with E-state index in [1.807, 2.05) is 13.8 Å². The number of benzene rings is 1. The SMILES string of the molecule is COc1cc(-c2noc(C(C)C(C)N)n2)ccc1F. The van der Waals surface area contributed by atoms with Crippen LogP contribution in [0.3, 0.4) is 0 Å². The van der Waals surface area contributed by atoms with Gasteiger partial charge in [-0.2, -0.15) is 4.98 Å². The van der Waals surface area contributed by atoms with E-state index in [2.05, 4.69) is 10.1 Å². The number of hydrogen-bond donors (Lipinski definition) is 1. The molecular formula is C13H16FN3O2. The molecule has 1 aromatic heterocycles. The molecule has 1 aromatic carbocycles. The van der Waals surface area contributed by atoms with Gasteiger partial charge in [-0.25, -0.2) is 4.39 Å². The summed E-state index contributed by atoms with van der Waals surface area (Å²) in [5.41, 5.74) is 6.41. The molecule has 0 bridgehead atoms. The highest BCUT2D eigenvalue weighted by molar-refractivity contribution is 5.57. The summed E-state index contributed by atoms with van der Waals surface area (Å²) in [5.74, 6) is 0.528. The van der Waals surface area contributed by atoms with Crippen molar-refractivity contribution < 1.29 is 13.7 Å². The van der Waals surface area contributed by atoms with E-state index in [0.717, 1.165) is 0 Å². The molecule has 2 rings (SSSR count). The molecule has 2 unspecified atom stereocenters. The maximum absolute atomic E-state index is 13.3. The molecule has 0 aliphatic rings. The topological polar surface area (TPSA) is 74.2 Å². The summed E-state index contributed by atoms with van der Waals surface area (Å²) in [5, 5.41) is 3.88. The van der Waals surface area contributed by atoms with Crippen LogP contribution in [0.5, 0.6) is 5.75 Å². The molecule has 0 spiro atoms. The van der Waals surface area contributed by atoms with E-state index in [1.54, 1.807) is 6.07 Å². The van der Waals surface area contributed by atoms with Crippen LogP contribution >= 0.6 is 0 Å². The lowest BCUT2D eigenvalue weighted by molar-refractivity contribution is 0.346. The smallest absolute Gasteiger partial charge is 0.231 e. The Kier molecular flexibility index (Phi) is 3.80. The van der Waals surface area contributed by atoms with Gasteiger partial charge in [0.15, 0.2) is 11.6 Å². The first-order valence-corrected chi connectivity index (χ1v) is 5.96. The van der Waals surface area contributed by atoms with E-state index in [0.29, 0.717) is 17.3 Å². The second-order valence-corrected chi connectivity index (χ2v) is 4.45. The van der Waals surface area contributed by atoms with Gasteiger partial charge in [-0.05, 0) is 25.1 Å². The Morgan fingerprint density at radius 3 is 2.74 bits per heavy atom. The fourth-order valence-electron chi connectivity index (χ4n) is 1.56. The Labute approximate surface area is 110 Å². The Bertz CT molecular complexity index is 569. The number of rotatable bonds is 4. The van der Waals surface area contributed by atoms with E-state index in [-0.39, 0.29) is 17.7 Å². The number of nitrogens with two attached hydrogens (primary N) is 1. The second kappa shape index (κ2) is 5.36. The van der Waals surface area contributed by atoms with Gasteiger partial charge in [0, 0.05) is 11.6 Å². The summed E-state index contributed by atoms with van der Waals surface area (Å²) in [6.45, 7) is 3.78. The number of halogens is 1. The Morgan fingerprint density at radius 1 is 1.37 bits per heavy atom. The first kappa shape index (κ1) is 13.5. The van der Waals surface area contributed by atoms with Crippen molar-refractivity contribution in [2.24, 2.45) is 5.73 Å². The average Bonchev–Trinajstić information content (AvgIpc) is 2.87. The number of nitrogens with zero attached hydrogens (tertiary/aromatic N) is 2. The molecule has 0 saturated carbocycles. The minimum absolute atomic E-state index is 0.0383. The average molecular weight is 265 g/mol. The highest BCUT2D eigenvalue weighted by atomic mass is 19.1. The molecule has 19 heavy (non-hydrogen) atoms. The fourth-order valence-corrected chi connectivity index (χ4v) is 1.56. The first-order chi connectivity index (χ1) is 9.02. The molecule has 0 saturated heterocycles. The predicted octanol–water partition coefficient (Wildman–Crippen LogP) is 2.34. The summed E-state index contributed by atoms with van der Waals surface area (Å²) in [6, 6.07) is 4.32. The standard InChI is InChI=1S/C13H16FN3O2/c1-7(8(2)15)13-16-12(17-19-13)9-4-5-10(14)11(6-9)18-3/h4-8H,15H2,1-3H3. The maximum atomic E-state index is 13.3. The Balaban J connectivity index is 2.32. The molecule has 0 fully saturated rings. The quantitative estimate of drug-likeness (QED) is 0.918. The zero-order valence-corrected chi connectivity index (χ0v) is 11.1. The van der Waals surface area contributed by atoms with Crippen molar-refractivity contribution >= 4 is 0 Å². The van der Waals surface area contributed by atoms with Crippen LogP contribution in [-0.2, 0) is 0 Å². The molecule has 0 aliphatic heterocycles. The van der Waals surface area contributed by atoms with E-state index in [4.69, 9.17) is 15.0 Å². The Morgan fingerprint density at radius 2 is 2.11 bits per heavy atom. The van der Waals surface area contributed by atoms with Gasteiger partial charge in [0.25, 0.3) is 0 Å². The molecule has 0 radical (unpaired) electrons. The number of hydrogen-bond acceptors (Lipinski definition) is 5. The number of ether oxygens (including phenoxy) is 1. The van der Waals surface area contributed by atoms with Crippen LogP contribution in [0, 0.1) is 5.82 Å².